The van der Waals surface area contributed by atoms with Crippen molar-refractivity contribution >= 4 is 5.91 Å². The molecule has 1 aromatic heterocycles. The number of morpholine rings is 1. The topological polar surface area (TPSA) is 74.9 Å². The number of carbonyl (C=O) groups is 1. The fraction of sp³-hybridized carbons (Fsp3) is 0.688. The Hall–Kier alpha value is -1.37. The third-order valence-electron chi connectivity index (χ3n) is 4.69. The molecule has 2 heterocycles. The van der Waals surface area contributed by atoms with Crippen LogP contribution in [0.3, 0.4) is 0 Å². The number of ether oxygens (including phenoxy) is 1. The molecule has 2 aliphatic rings. The summed E-state index contributed by atoms with van der Waals surface area (Å²) in [6.07, 6.45) is 4.27. The van der Waals surface area contributed by atoms with Crippen LogP contribution < -0.4 is 5.32 Å². The number of nitrogens with zero attached hydrogens (tertiary/aromatic N) is 1. The van der Waals surface area contributed by atoms with E-state index in [1.54, 1.807) is 12.3 Å². The van der Waals surface area contributed by atoms with E-state index in [1.807, 2.05) is 6.07 Å². The van der Waals surface area contributed by atoms with E-state index in [9.17, 15) is 9.90 Å². The van der Waals surface area contributed by atoms with E-state index in [4.69, 9.17) is 9.15 Å². The molecule has 0 spiro atoms. The number of hydrogen-bond acceptors (Lipinski definition) is 5. The molecule has 3 rings (SSSR count). The van der Waals surface area contributed by atoms with Crippen molar-refractivity contribution in [2.75, 3.05) is 26.3 Å². The van der Waals surface area contributed by atoms with Gasteiger partial charge in [0.25, 0.3) is 0 Å². The molecule has 0 radical (unpaired) electrons. The number of hydrogen-bond donors (Lipinski definition) is 2. The van der Waals surface area contributed by atoms with Gasteiger partial charge < -0.3 is 19.6 Å². The van der Waals surface area contributed by atoms with E-state index < -0.39 is 0 Å². The Morgan fingerprint density at radius 2 is 2.36 bits per heavy atom. The minimum Gasteiger partial charge on any atom is -0.467 e. The van der Waals surface area contributed by atoms with Crippen molar-refractivity contribution in [2.45, 2.75) is 38.0 Å². The van der Waals surface area contributed by atoms with E-state index >= 15 is 0 Å². The summed E-state index contributed by atoms with van der Waals surface area (Å²) < 4.78 is 10.8. The second kappa shape index (κ2) is 7.26. The summed E-state index contributed by atoms with van der Waals surface area (Å²) in [7, 11) is 0. The molecular weight excluding hydrogens is 284 g/mol. The van der Waals surface area contributed by atoms with Crippen molar-refractivity contribution in [2.24, 2.45) is 5.92 Å². The summed E-state index contributed by atoms with van der Waals surface area (Å²) in [5, 5.41) is 13.0. The quantitative estimate of drug-likeness (QED) is 0.840. The van der Waals surface area contributed by atoms with Crippen LogP contribution in [0.4, 0.5) is 0 Å². The smallest absolute Gasteiger partial charge is 0.234 e. The van der Waals surface area contributed by atoms with Crippen LogP contribution in [0.2, 0.25) is 0 Å². The van der Waals surface area contributed by atoms with E-state index in [0.29, 0.717) is 26.3 Å². The minimum absolute atomic E-state index is 0.0178. The largest absolute Gasteiger partial charge is 0.467 e. The van der Waals surface area contributed by atoms with E-state index in [1.165, 1.54) is 0 Å². The lowest BCUT2D eigenvalue weighted by molar-refractivity contribution is -0.126. The molecule has 1 saturated carbocycles. The van der Waals surface area contributed by atoms with Crippen LogP contribution in [0.15, 0.2) is 22.8 Å². The van der Waals surface area contributed by atoms with Gasteiger partial charge in [0.05, 0.1) is 38.7 Å². The average Bonchev–Trinajstić information content (AvgIpc) is 3.17. The normalized spacial score (nSPS) is 29.6. The Morgan fingerprint density at radius 1 is 1.45 bits per heavy atom. The second-order valence-corrected chi connectivity index (χ2v) is 6.13. The number of carbonyl (C=O) groups excluding carboxylic acids is 1. The van der Waals surface area contributed by atoms with Crippen molar-refractivity contribution in [3.05, 3.63) is 24.2 Å². The highest BCUT2D eigenvalue weighted by atomic mass is 16.5. The number of amides is 1. The highest BCUT2D eigenvalue weighted by molar-refractivity contribution is 5.78. The molecule has 1 aliphatic heterocycles. The van der Waals surface area contributed by atoms with Gasteiger partial charge in [-0.25, -0.2) is 0 Å². The number of furan rings is 1. The Bertz CT molecular complexity index is 477. The zero-order valence-electron chi connectivity index (χ0n) is 12.7. The first kappa shape index (κ1) is 15.5. The van der Waals surface area contributed by atoms with Gasteiger partial charge in [-0.3, -0.25) is 9.69 Å². The zero-order chi connectivity index (χ0) is 15.4. The Labute approximate surface area is 130 Å². The van der Waals surface area contributed by atoms with Gasteiger partial charge in [0.1, 0.15) is 5.76 Å². The van der Waals surface area contributed by atoms with Gasteiger partial charge >= 0.3 is 0 Å². The molecule has 1 saturated heterocycles. The molecule has 6 nitrogen and oxygen atoms in total. The Balaban J connectivity index is 1.53. The van der Waals surface area contributed by atoms with E-state index in [0.717, 1.165) is 31.6 Å². The highest BCUT2D eigenvalue weighted by Crippen LogP contribution is 2.32. The number of rotatable bonds is 5. The molecule has 0 unspecified atom stereocenters. The Morgan fingerprint density at radius 3 is 3.09 bits per heavy atom. The zero-order valence-corrected chi connectivity index (χ0v) is 12.7. The number of aliphatic hydroxyl groups excluding tert-OH is 1. The first-order valence-corrected chi connectivity index (χ1v) is 8.03. The van der Waals surface area contributed by atoms with Crippen LogP contribution in [0.5, 0.6) is 0 Å². The summed E-state index contributed by atoms with van der Waals surface area (Å²) >= 11 is 0. The minimum atomic E-state index is -0.264. The molecule has 1 amide bonds. The third-order valence-corrected chi connectivity index (χ3v) is 4.69. The van der Waals surface area contributed by atoms with Crippen molar-refractivity contribution in [1.29, 1.82) is 0 Å². The first-order valence-electron chi connectivity index (χ1n) is 8.03. The van der Waals surface area contributed by atoms with Gasteiger partial charge in [-0.05, 0) is 25.0 Å². The highest BCUT2D eigenvalue weighted by Gasteiger charge is 2.38. The molecule has 1 aliphatic carbocycles. The van der Waals surface area contributed by atoms with Crippen molar-refractivity contribution in [1.82, 2.24) is 10.2 Å². The molecule has 2 N–H and O–H groups in total. The maximum atomic E-state index is 12.2. The molecule has 22 heavy (non-hydrogen) atoms. The summed E-state index contributed by atoms with van der Waals surface area (Å²) in [5.41, 5.74) is 0. The van der Waals surface area contributed by atoms with E-state index in [-0.39, 0.29) is 24.0 Å². The van der Waals surface area contributed by atoms with Crippen LogP contribution >= 0.6 is 0 Å². The average molecular weight is 308 g/mol. The van der Waals surface area contributed by atoms with Gasteiger partial charge in [-0.2, -0.15) is 0 Å². The summed E-state index contributed by atoms with van der Waals surface area (Å²) in [5.74, 6) is 0.951. The van der Waals surface area contributed by atoms with Crippen LogP contribution in [0.25, 0.3) is 0 Å². The van der Waals surface area contributed by atoms with Crippen LogP contribution in [-0.2, 0) is 16.1 Å². The van der Waals surface area contributed by atoms with Crippen LogP contribution in [0, 0.1) is 5.92 Å². The lowest BCUT2D eigenvalue weighted by Crippen LogP contribution is -2.53. The Kier molecular flexibility index (Phi) is 5.12. The first-order chi connectivity index (χ1) is 10.7. The molecule has 1 aromatic rings. The second-order valence-electron chi connectivity index (χ2n) is 6.13. The molecule has 0 aromatic carbocycles. The lowest BCUT2D eigenvalue weighted by atomic mass is 9.94. The van der Waals surface area contributed by atoms with Crippen molar-refractivity contribution < 1.29 is 19.1 Å². The SMILES string of the molecule is O=C(CN1CCOC[C@@H]1[C@@H]1CCC[C@H]1O)NCc1ccco1. The number of nitrogens with one attached hydrogen (secondary N) is 1. The van der Waals surface area contributed by atoms with Gasteiger partial charge in [0, 0.05) is 18.5 Å². The fourth-order valence-electron chi connectivity index (χ4n) is 3.51. The van der Waals surface area contributed by atoms with Gasteiger partial charge in [0.15, 0.2) is 0 Å². The maximum Gasteiger partial charge on any atom is 0.234 e. The van der Waals surface area contributed by atoms with E-state index in [2.05, 4.69) is 10.2 Å². The standard InChI is InChI=1S/C16H24N2O4/c19-15-5-1-4-13(15)14-11-21-8-6-18(14)10-16(20)17-9-12-3-2-7-22-12/h2-3,7,13-15,19H,1,4-6,8-11H2,(H,17,20)/t13-,14+,15+/m0/s1. The van der Waals surface area contributed by atoms with Crippen molar-refractivity contribution in [3.8, 4) is 0 Å². The summed E-state index contributed by atoms with van der Waals surface area (Å²) in [6, 6.07) is 3.79. The predicted octanol–water partition coefficient (Wildman–Crippen LogP) is 0.758. The molecule has 122 valence electrons. The van der Waals surface area contributed by atoms with Gasteiger partial charge in [-0.1, -0.05) is 6.42 Å². The lowest BCUT2D eigenvalue weighted by Gasteiger charge is -2.39. The van der Waals surface area contributed by atoms with Crippen molar-refractivity contribution in [3.63, 3.8) is 0 Å². The van der Waals surface area contributed by atoms with Gasteiger partial charge in [0.2, 0.25) is 5.91 Å². The third kappa shape index (κ3) is 3.69. The molecule has 0 bridgehead atoms. The maximum absolute atomic E-state index is 12.2. The number of aliphatic hydroxyl groups is 1. The summed E-state index contributed by atoms with van der Waals surface area (Å²) in [4.78, 5) is 14.3. The van der Waals surface area contributed by atoms with Crippen LogP contribution in [-0.4, -0.2) is 54.4 Å². The molecular formula is C16H24N2O4. The van der Waals surface area contributed by atoms with Gasteiger partial charge in [-0.15, -0.1) is 0 Å². The molecule has 3 atom stereocenters. The fourth-order valence-corrected chi connectivity index (χ4v) is 3.51. The molecule has 2 fully saturated rings. The van der Waals surface area contributed by atoms with Crippen LogP contribution in [0.1, 0.15) is 25.0 Å². The monoisotopic (exact) mass is 308 g/mol. The summed E-state index contributed by atoms with van der Waals surface area (Å²) in [6.45, 7) is 2.74. The predicted molar refractivity (Wildman–Crippen MR) is 80.1 cm³/mol. The molecule has 6 heteroatoms.